The number of hydrogen-bond donors (Lipinski definition) is 2. The minimum absolute atomic E-state index is 0.319. The summed E-state index contributed by atoms with van der Waals surface area (Å²) in [4.78, 5) is 0. The van der Waals surface area contributed by atoms with Gasteiger partial charge in [0.05, 0.1) is 28.7 Å². The standard InChI is InChI=1S/C13H9BrFN3/c14-10-6-9(15)2-4-12(10)18-13-3-1-8(7-16)5-11(13)17/h1-6,18H,17H2. The first-order chi connectivity index (χ1) is 8.60. The lowest BCUT2D eigenvalue weighted by Crippen LogP contribution is -1.97. The first-order valence-electron chi connectivity index (χ1n) is 5.12. The molecule has 3 nitrogen and oxygen atoms in total. The number of nitrogens with zero attached hydrogens (tertiary/aromatic N) is 1. The van der Waals surface area contributed by atoms with E-state index in [9.17, 15) is 4.39 Å². The molecule has 0 heterocycles. The molecular weight excluding hydrogens is 297 g/mol. The van der Waals surface area contributed by atoms with Crippen molar-refractivity contribution in [3.05, 3.63) is 52.3 Å². The van der Waals surface area contributed by atoms with Crippen molar-refractivity contribution in [3.8, 4) is 6.07 Å². The van der Waals surface area contributed by atoms with Crippen LogP contribution in [0.2, 0.25) is 0 Å². The van der Waals surface area contributed by atoms with Gasteiger partial charge in [-0.25, -0.2) is 4.39 Å². The van der Waals surface area contributed by atoms with Crippen LogP contribution in [0.1, 0.15) is 5.56 Å². The molecule has 0 bridgehead atoms. The zero-order valence-corrected chi connectivity index (χ0v) is 10.8. The van der Waals surface area contributed by atoms with Crippen molar-refractivity contribution in [2.45, 2.75) is 0 Å². The van der Waals surface area contributed by atoms with E-state index >= 15 is 0 Å². The third-order valence-corrected chi connectivity index (χ3v) is 3.04. The maximum atomic E-state index is 12.9. The molecule has 0 aliphatic heterocycles. The van der Waals surface area contributed by atoms with Gasteiger partial charge in [0.2, 0.25) is 0 Å². The van der Waals surface area contributed by atoms with Crippen LogP contribution >= 0.6 is 15.9 Å². The second-order valence-electron chi connectivity index (χ2n) is 3.66. The SMILES string of the molecule is N#Cc1ccc(Nc2ccc(F)cc2Br)c(N)c1. The van der Waals surface area contributed by atoms with Crippen LogP contribution in [0.15, 0.2) is 40.9 Å². The van der Waals surface area contributed by atoms with Crippen molar-refractivity contribution >= 4 is 33.0 Å². The van der Waals surface area contributed by atoms with Crippen LogP contribution in [-0.2, 0) is 0 Å². The first-order valence-corrected chi connectivity index (χ1v) is 5.91. The number of rotatable bonds is 2. The Bertz CT molecular complexity index is 635. The molecule has 0 amide bonds. The molecule has 0 saturated heterocycles. The van der Waals surface area contributed by atoms with Crippen molar-refractivity contribution in [2.24, 2.45) is 0 Å². The van der Waals surface area contributed by atoms with E-state index in [4.69, 9.17) is 11.0 Å². The lowest BCUT2D eigenvalue weighted by atomic mass is 10.2. The highest BCUT2D eigenvalue weighted by Gasteiger charge is 2.05. The van der Waals surface area contributed by atoms with Gasteiger partial charge < -0.3 is 11.1 Å². The van der Waals surface area contributed by atoms with Crippen molar-refractivity contribution in [2.75, 3.05) is 11.1 Å². The summed E-state index contributed by atoms with van der Waals surface area (Å²) in [6.07, 6.45) is 0. The summed E-state index contributed by atoms with van der Waals surface area (Å²) in [6.45, 7) is 0. The van der Waals surface area contributed by atoms with Crippen LogP contribution in [0.4, 0.5) is 21.5 Å². The molecule has 0 aliphatic carbocycles. The number of nitriles is 1. The van der Waals surface area contributed by atoms with E-state index in [2.05, 4.69) is 21.2 Å². The normalized spacial score (nSPS) is 9.83. The van der Waals surface area contributed by atoms with Crippen LogP contribution in [0, 0.1) is 17.1 Å². The molecule has 0 saturated carbocycles. The third kappa shape index (κ3) is 2.60. The van der Waals surface area contributed by atoms with Crippen LogP contribution in [0.25, 0.3) is 0 Å². The Morgan fingerprint density at radius 2 is 1.89 bits per heavy atom. The second kappa shape index (κ2) is 5.07. The molecule has 90 valence electrons. The fraction of sp³-hybridized carbons (Fsp3) is 0. The fourth-order valence-corrected chi connectivity index (χ4v) is 1.93. The molecule has 0 unspecified atom stereocenters. The minimum Gasteiger partial charge on any atom is -0.397 e. The van der Waals surface area contributed by atoms with Gasteiger partial charge in [0.15, 0.2) is 0 Å². The van der Waals surface area contributed by atoms with E-state index in [1.165, 1.54) is 12.1 Å². The smallest absolute Gasteiger partial charge is 0.124 e. The quantitative estimate of drug-likeness (QED) is 0.830. The maximum absolute atomic E-state index is 12.9. The molecule has 3 N–H and O–H groups in total. The molecule has 0 aromatic heterocycles. The molecule has 2 rings (SSSR count). The van der Waals surface area contributed by atoms with Gasteiger partial charge in [0.1, 0.15) is 5.82 Å². The van der Waals surface area contributed by atoms with E-state index in [0.717, 1.165) is 0 Å². The van der Waals surface area contributed by atoms with Gasteiger partial charge in [-0.05, 0) is 52.3 Å². The third-order valence-electron chi connectivity index (χ3n) is 2.38. The van der Waals surface area contributed by atoms with Crippen LogP contribution < -0.4 is 11.1 Å². The van der Waals surface area contributed by atoms with Gasteiger partial charge in [-0.3, -0.25) is 0 Å². The van der Waals surface area contributed by atoms with Crippen molar-refractivity contribution < 1.29 is 4.39 Å². The molecule has 0 aliphatic rings. The van der Waals surface area contributed by atoms with Gasteiger partial charge in [0, 0.05) is 4.47 Å². The Morgan fingerprint density at radius 1 is 1.17 bits per heavy atom. The topological polar surface area (TPSA) is 61.8 Å². The number of nitrogens with one attached hydrogen (secondary N) is 1. The van der Waals surface area contributed by atoms with E-state index in [1.54, 1.807) is 24.3 Å². The Kier molecular flexibility index (Phi) is 3.49. The lowest BCUT2D eigenvalue weighted by Gasteiger charge is -2.11. The zero-order valence-electron chi connectivity index (χ0n) is 9.24. The highest BCUT2D eigenvalue weighted by atomic mass is 79.9. The second-order valence-corrected chi connectivity index (χ2v) is 4.52. The summed E-state index contributed by atoms with van der Waals surface area (Å²) in [5, 5.41) is 11.8. The number of halogens is 2. The molecule has 18 heavy (non-hydrogen) atoms. The van der Waals surface area contributed by atoms with Gasteiger partial charge in [-0.15, -0.1) is 0 Å². The monoisotopic (exact) mass is 305 g/mol. The van der Waals surface area contributed by atoms with E-state index in [-0.39, 0.29) is 5.82 Å². The predicted octanol–water partition coefficient (Wildman–Crippen LogP) is 3.79. The van der Waals surface area contributed by atoms with Crippen LogP contribution in [0.3, 0.4) is 0 Å². The number of nitrogen functional groups attached to an aromatic ring is 1. The number of anilines is 3. The molecule has 2 aromatic rings. The Labute approximate surface area is 112 Å². The maximum Gasteiger partial charge on any atom is 0.124 e. The summed E-state index contributed by atoms with van der Waals surface area (Å²) < 4.78 is 13.5. The van der Waals surface area contributed by atoms with Crippen molar-refractivity contribution in [3.63, 3.8) is 0 Å². The fourth-order valence-electron chi connectivity index (χ4n) is 1.48. The molecule has 0 atom stereocenters. The van der Waals surface area contributed by atoms with Gasteiger partial charge >= 0.3 is 0 Å². The molecule has 0 fully saturated rings. The van der Waals surface area contributed by atoms with E-state index < -0.39 is 0 Å². The highest BCUT2D eigenvalue weighted by Crippen LogP contribution is 2.29. The highest BCUT2D eigenvalue weighted by molar-refractivity contribution is 9.10. The Morgan fingerprint density at radius 3 is 2.50 bits per heavy atom. The number of nitrogens with two attached hydrogens (primary N) is 1. The zero-order chi connectivity index (χ0) is 13.1. The van der Waals surface area contributed by atoms with Crippen LogP contribution in [-0.4, -0.2) is 0 Å². The summed E-state index contributed by atoms with van der Waals surface area (Å²) in [5.41, 5.74) is 8.15. The first kappa shape index (κ1) is 12.4. The Balaban J connectivity index is 2.32. The molecular formula is C13H9BrFN3. The molecule has 5 heteroatoms. The van der Waals surface area contributed by atoms with E-state index in [1.807, 2.05) is 6.07 Å². The summed E-state index contributed by atoms with van der Waals surface area (Å²) in [6, 6.07) is 11.3. The lowest BCUT2D eigenvalue weighted by molar-refractivity contribution is 0.627. The minimum atomic E-state index is -0.319. The summed E-state index contributed by atoms with van der Waals surface area (Å²) >= 11 is 3.26. The number of hydrogen-bond acceptors (Lipinski definition) is 3. The summed E-state index contributed by atoms with van der Waals surface area (Å²) in [7, 11) is 0. The predicted molar refractivity (Wildman–Crippen MR) is 73.0 cm³/mol. The van der Waals surface area contributed by atoms with Crippen LogP contribution in [0.5, 0.6) is 0 Å². The number of benzene rings is 2. The largest absolute Gasteiger partial charge is 0.397 e. The average Bonchev–Trinajstić information content (AvgIpc) is 2.34. The Hall–Kier alpha value is -2.06. The summed E-state index contributed by atoms with van der Waals surface area (Å²) in [5.74, 6) is -0.319. The van der Waals surface area contributed by atoms with Crippen molar-refractivity contribution in [1.82, 2.24) is 0 Å². The van der Waals surface area contributed by atoms with Gasteiger partial charge in [-0.2, -0.15) is 5.26 Å². The van der Waals surface area contributed by atoms with Gasteiger partial charge in [-0.1, -0.05) is 0 Å². The van der Waals surface area contributed by atoms with E-state index in [0.29, 0.717) is 27.1 Å². The molecule has 0 spiro atoms. The molecule has 0 radical (unpaired) electrons. The van der Waals surface area contributed by atoms with Gasteiger partial charge in [0.25, 0.3) is 0 Å². The molecule has 2 aromatic carbocycles. The van der Waals surface area contributed by atoms with Crippen molar-refractivity contribution in [1.29, 1.82) is 5.26 Å². The average molecular weight is 306 g/mol.